The van der Waals surface area contributed by atoms with Gasteiger partial charge in [-0.15, -0.1) is 0 Å². The van der Waals surface area contributed by atoms with Crippen molar-refractivity contribution >= 4 is 35.7 Å². The van der Waals surface area contributed by atoms with E-state index < -0.39 is 19.8 Å². The van der Waals surface area contributed by atoms with E-state index in [-0.39, 0.29) is 0 Å². The Kier molecular flexibility index (Phi) is 3.32. The Balaban J connectivity index is 3.36. The fourth-order valence-corrected chi connectivity index (χ4v) is 2.11. The van der Waals surface area contributed by atoms with Crippen molar-refractivity contribution in [3.05, 3.63) is 29.6 Å². The van der Waals surface area contributed by atoms with Crippen LogP contribution in [0.5, 0.6) is 0 Å². The van der Waals surface area contributed by atoms with Gasteiger partial charge in [-0.1, -0.05) is 22.0 Å². The minimum absolute atomic E-state index is 0.451. The first-order valence-electron chi connectivity index (χ1n) is 3.24. The van der Waals surface area contributed by atoms with Gasteiger partial charge in [0, 0.05) is 16.0 Å². The molecule has 0 fully saturated rings. The molecule has 0 heterocycles. The largest absolute Gasteiger partial charge is 0.264 e. The standard InChI is InChI=1S/C7H5BrClFO2S/c8-4-5-1-2-6(10)7(3-5)13(9,11)12/h1-3H,4H2. The third-order valence-electron chi connectivity index (χ3n) is 1.41. The second kappa shape index (κ2) is 3.94. The molecule has 0 saturated heterocycles. The highest BCUT2D eigenvalue weighted by molar-refractivity contribution is 9.08. The van der Waals surface area contributed by atoms with Crippen molar-refractivity contribution in [2.24, 2.45) is 0 Å². The van der Waals surface area contributed by atoms with Gasteiger partial charge >= 0.3 is 0 Å². The van der Waals surface area contributed by atoms with Crippen molar-refractivity contribution < 1.29 is 12.8 Å². The van der Waals surface area contributed by atoms with E-state index in [4.69, 9.17) is 10.7 Å². The minimum atomic E-state index is -3.99. The molecule has 0 aromatic heterocycles. The summed E-state index contributed by atoms with van der Waals surface area (Å²) in [5.41, 5.74) is 0.653. The molecule has 0 aliphatic carbocycles. The monoisotopic (exact) mass is 286 g/mol. The van der Waals surface area contributed by atoms with Crippen LogP contribution in [0.2, 0.25) is 0 Å². The van der Waals surface area contributed by atoms with Crippen molar-refractivity contribution in [2.75, 3.05) is 0 Å². The molecule has 0 N–H and O–H groups in total. The fraction of sp³-hybridized carbons (Fsp3) is 0.143. The Morgan fingerprint density at radius 3 is 2.54 bits per heavy atom. The molecule has 72 valence electrons. The summed E-state index contributed by atoms with van der Waals surface area (Å²) in [4.78, 5) is -0.480. The molecule has 0 spiro atoms. The maximum absolute atomic E-state index is 12.9. The van der Waals surface area contributed by atoms with Gasteiger partial charge in [-0.3, -0.25) is 0 Å². The van der Waals surface area contributed by atoms with Crippen LogP contribution < -0.4 is 0 Å². The first-order chi connectivity index (χ1) is 5.95. The van der Waals surface area contributed by atoms with Gasteiger partial charge < -0.3 is 0 Å². The average Bonchev–Trinajstić information content (AvgIpc) is 2.03. The van der Waals surface area contributed by atoms with Gasteiger partial charge in [0.05, 0.1) is 0 Å². The first-order valence-corrected chi connectivity index (χ1v) is 6.67. The van der Waals surface area contributed by atoms with E-state index in [0.717, 1.165) is 6.07 Å². The summed E-state index contributed by atoms with van der Waals surface area (Å²) in [7, 11) is 1.02. The Bertz CT molecular complexity index is 419. The zero-order valence-electron chi connectivity index (χ0n) is 6.30. The van der Waals surface area contributed by atoms with E-state index in [0.29, 0.717) is 10.9 Å². The molecule has 0 radical (unpaired) electrons. The third kappa shape index (κ3) is 2.65. The van der Waals surface area contributed by atoms with Crippen LogP contribution in [0.15, 0.2) is 23.1 Å². The molecular weight excluding hydrogens is 282 g/mol. The molecule has 0 bridgehead atoms. The molecule has 2 nitrogen and oxygen atoms in total. The number of halogens is 3. The molecule has 0 atom stereocenters. The number of rotatable bonds is 2. The normalized spacial score (nSPS) is 11.6. The lowest BCUT2D eigenvalue weighted by Crippen LogP contribution is -1.96. The Morgan fingerprint density at radius 1 is 1.46 bits per heavy atom. The van der Waals surface area contributed by atoms with Gasteiger partial charge in [-0.2, -0.15) is 0 Å². The van der Waals surface area contributed by atoms with E-state index in [2.05, 4.69) is 15.9 Å². The van der Waals surface area contributed by atoms with E-state index in [9.17, 15) is 12.8 Å². The van der Waals surface area contributed by atoms with Gasteiger partial charge in [0.2, 0.25) is 0 Å². The molecule has 0 aliphatic heterocycles. The van der Waals surface area contributed by atoms with Crippen molar-refractivity contribution in [3.63, 3.8) is 0 Å². The molecule has 0 unspecified atom stereocenters. The highest BCUT2D eigenvalue weighted by Gasteiger charge is 2.15. The molecule has 6 heteroatoms. The van der Waals surface area contributed by atoms with Gasteiger partial charge in [0.1, 0.15) is 10.7 Å². The van der Waals surface area contributed by atoms with Crippen LogP contribution in [0.3, 0.4) is 0 Å². The molecule has 1 rings (SSSR count). The average molecular weight is 288 g/mol. The van der Waals surface area contributed by atoms with Gasteiger partial charge in [0.25, 0.3) is 9.05 Å². The third-order valence-corrected chi connectivity index (χ3v) is 3.40. The van der Waals surface area contributed by atoms with Crippen molar-refractivity contribution in [2.45, 2.75) is 10.2 Å². The predicted molar refractivity (Wildman–Crippen MR) is 52.1 cm³/mol. The lowest BCUT2D eigenvalue weighted by Gasteiger charge is -2.00. The molecule has 1 aromatic carbocycles. The van der Waals surface area contributed by atoms with Crippen LogP contribution in [0.4, 0.5) is 4.39 Å². The second-order valence-corrected chi connectivity index (χ2v) is 5.43. The molecule has 0 saturated carbocycles. The molecule has 0 aliphatic rings. The molecule has 13 heavy (non-hydrogen) atoms. The van der Waals surface area contributed by atoms with E-state index in [1.807, 2.05) is 0 Å². The lowest BCUT2D eigenvalue weighted by molar-refractivity contribution is 0.575. The topological polar surface area (TPSA) is 34.1 Å². The summed E-state index contributed by atoms with van der Waals surface area (Å²) in [6.45, 7) is 0. The fourth-order valence-electron chi connectivity index (χ4n) is 0.818. The van der Waals surface area contributed by atoms with Crippen LogP contribution >= 0.6 is 26.6 Å². The van der Waals surface area contributed by atoms with Gasteiger partial charge in [-0.05, 0) is 17.7 Å². The second-order valence-electron chi connectivity index (χ2n) is 2.34. The summed E-state index contributed by atoms with van der Waals surface area (Å²) >= 11 is 3.12. The zero-order valence-corrected chi connectivity index (χ0v) is 9.46. The van der Waals surface area contributed by atoms with Crippen LogP contribution in [-0.4, -0.2) is 8.42 Å². The summed E-state index contributed by atoms with van der Waals surface area (Å²) in [6, 6.07) is 3.76. The predicted octanol–water partition coefficient (Wildman–Crippen LogP) is 2.65. The van der Waals surface area contributed by atoms with E-state index >= 15 is 0 Å². The van der Waals surface area contributed by atoms with Crippen LogP contribution in [0, 0.1) is 5.82 Å². The highest BCUT2D eigenvalue weighted by Crippen LogP contribution is 2.21. The molecule has 0 amide bonds. The Hall–Kier alpha value is -0.130. The Morgan fingerprint density at radius 2 is 2.08 bits per heavy atom. The summed E-state index contributed by atoms with van der Waals surface area (Å²) in [5, 5.41) is 0.451. The van der Waals surface area contributed by atoms with Crippen molar-refractivity contribution in [3.8, 4) is 0 Å². The summed E-state index contributed by atoms with van der Waals surface area (Å²) < 4.78 is 34.6. The number of alkyl halides is 1. The minimum Gasteiger partial charge on any atom is -0.207 e. The Labute approximate surface area is 88.3 Å². The smallest absolute Gasteiger partial charge is 0.207 e. The zero-order chi connectivity index (χ0) is 10.1. The molecule has 1 aromatic rings. The van der Waals surface area contributed by atoms with Crippen molar-refractivity contribution in [1.29, 1.82) is 0 Å². The van der Waals surface area contributed by atoms with Crippen LogP contribution in [0.25, 0.3) is 0 Å². The maximum atomic E-state index is 12.9. The number of hydrogen-bond donors (Lipinski definition) is 0. The van der Waals surface area contributed by atoms with Gasteiger partial charge in [-0.25, -0.2) is 12.8 Å². The lowest BCUT2D eigenvalue weighted by atomic mass is 10.2. The van der Waals surface area contributed by atoms with Gasteiger partial charge in [0.15, 0.2) is 0 Å². The van der Waals surface area contributed by atoms with Crippen LogP contribution in [0.1, 0.15) is 5.56 Å². The SMILES string of the molecule is O=S(=O)(Cl)c1cc(CBr)ccc1F. The quantitative estimate of drug-likeness (QED) is 0.619. The highest BCUT2D eigenvalue weighted by atomic mass is 79.9. The first kappa shape index (κ1) is 10.9. The summed E-state index contributed by atoms with van der Waals surface area (Å²) in [5.74, 6) is -0.834. The molecular formula is C7H5BrClFO2S. The van der Waals surface area contributed by atoms with E-state index in [1.54, 1.807) is 0 Å². The maximum Gasteiger partial charge on any atom is 0.264 e. The van der Waals surface area contributed by atoms with E-state index in [1.165, 1.54) is 12.1 Å². The summed E-state index contributed by atoms with van der Waals surface area (Å²) in [6.07, 6.45) is 0. The number of benzene rings is 1. The van der Waals surface area contributed by atoms with Crippen LogP contribution in [-0.2, 0) is 14.4 Å². The number of hydrogen-bond acceptors (Lipinski definition) is 2. The van der Waals surface area contributed by atoms with Crippen molar-refractivity contribution in [1.82, 2.24) is 0 Å².